The molecule has 1 amide bonds. The molecule has 0 spiro atoms. The van der Waals surface area contributed by atoms with Gasteiger partial charge in [0.2, 0.25) is 5.91 Å². The van der Waals surface area contributed by atoms with Crippen LogP contribution in [0.25, 0.3) is 0 Å². The van der Waals surface area contributed by atoms with Gasteiger partial charge in [-0.15, -0.1) is 0 Å². The van der Waals surface area contributed by atoms with Gasteiger partial charge in [-0.2, -0.15) is 0 Å². The molecule has 19 heavy (non-hydrogen) atoms. The van der Waals surface area contributed by atoms with Crippen molar-refractivity contribution < 1.29 is 4.79 Å². The number of carbonyl (C=O) groups excluding carboxylic acids is 1. The number of amides is 1. The molecule has 1 atom stereocenters. The van der Waals surface area contributed by atoms with Crippen LogP contribution >= 0.6 is 0 Å². The van der Waals surface area contributed by atoms with Crippen LogP contribution in [-0.4, -0.2) is 28.5 Å². The van der Waals surface area contributed by atoms with Crippen molar-refractivity contribution in [3.8, 4) is 0 Å². The van der Waals surface area contributed by atoms with E-state index in [-0.39, 0.29) is 11.8 Å². The Bertz CT molecular complexity index is 387. The Balaban J connectivity index is 2.25. The lowest BCUT2D eigenvalue weighted by Gasteiger charge is -2.16. The number of nitrogens with zero attached hydrogens (tertiary/aromatic N) is 2. The van der Waals surface area contributed by atoms with Gasteiger partial charge < -0.3 is 15.6 Å². The summed E-state index contributed by atoms with van der Waals surface area (Å²) in [7, 11) is 1.96. The quantitative estimate of drug-likeness (QED) is 0.740. The second-order valence-corrected chi connectivity index (χ2v) is 5.49. The topological polar surface area (TPSA) is 72.9 Å². The van der Waals surface area contributed by atoms with Crippen molar-refractivity contribution in [2.75, 3.05) is 13.1 Å². The van der Waals surface area contributed by atoms with E-state index in [1.165, 1.54) is 0 Å². The fraction of sp³-hybridized carbons (Fsp3) is 0.714. The first kappa shape index (κ1) is 15.7. The molecule has 1 rings (SSSR count). The van der Waals surface area contributed by atoms with E-state index in [1.54, 1.807) is 6.20 Å². The average Bonchev–Trinajstić information content (AvgIpc) is 2.73. The molecule has 0 saturated heterocycles. The third-order valence-corrected chi connectivity index (χ3v) is 3.20. The zero-order chi connectivity index (χ0) is 14.3. The summed E-state index contributed by atoms with van der Waals surface area (Å²) in [6.45, 7) is 5.51. The summed E-state index contributed by atoms with van der Waals surface area (Å²) in [4.78, 5) is 16.0. The number of aryl methyl sites for hydroxylation is 1. The van der Waals surface area contributed by atoms with E-state index in [9.17, 15) is 4.79 Å². The third-order valence-electron chi connectivity index (χ3n) is 3.20. The molecule has 1 heterocycles. The number of hydrogen-bond acceptors (Lipinski definition) is 3. The van der Waals surface area contributed by atoms with Gasteiger partial charge in [0.15, 0.2) is 0 Å². The summed E-state index contributed by atoms with van der Waals surface area (Å²) < 4.78 is 1.97. The molecule has 0 aliphatic heterocycles. The van der Waals surface area contributed by atoms with E-state index >= 15 is 0 Å². The summed E-state index contributed by atoms with van der Waals surface area (Å²) in [6, 6.07) is 0. The lowest BCUT2D eigenvalue weighted by Crippen LogP contribution is -2.30. The Morgan fingerprint density at radius 1 is 1.53 bits per heavy atom. The van der Waals surface area contributed by atoms with Gasteiger partial charge in [-0.25, -0.2) is 4.98 Å². The molecular weight excluding hydrogens is 240 g/mol. The number of nitrogens with one attached hydrogen (secondary N) is 1. The van der Waals surface area contributed by atoms with Crippen molar-refractivity contribution in [1.29, 1.82) is 0 Å². The summed E-state index contributed by atoms with van der Waals surface area (Å²) in [5, 5.41) is 2.94. The van der Waals surface area contributed by atoms with Gasteiger partial charge in [0.1, 0.15) is 5.82 Å². The molecule has 108 valence electrons. The van der Waals surface area contributed by atoms with E-state index < -0.39 is 0 Å². The first-order valence-corrected chi connectivity index (χ1v) is 6.95. The van der Waals surface area contributed by atoms with Crippen LogP contribution in [0.2, 0.25) is 0 Å². The lowest BCUT2D eigenvalue weighted by atomic mass is 9.94. The normalized spacial score (nSPS) is 12.7. The fourth-order valence-corrected chi connectivity index (χ4v) is 2.22. The maximum absolute atomic E-state index is 11.8. The zero-order valence-electron chi connectivity index (χ0n) is 12.2. The van der Waals surface area contributed by atoms with Gasteiger partial charge >= 0.3 is 0 Å². The molecule has 0 aliphatic carbocycles. The second kappa shape index (κ2) is 7.94. The second-order valence-electron chi connectivity index (χ2n) is 5.49. The summed E-state index contributed by atoms with van der Waals surface area (Å²) in [5.41, 5.74) is 5.70. The molecule has 5 nitrogen and oxygen atoms in total. The van der Waals surface area contributed by atoms with Crippen molar-refractivity contribution in [1.82, 2.24) is 14.9 Å². The van der Waals surface area contributed by atoms with Gasteiger partial charge in [-0.05, 0) is 24.8 Å². The Morgan fingerprint density at radius 3 is 2.79 bits per heavy atom. The fourth-order valence-electron chi connectivity index (χ4n) is 2.22. The highest BCUT2D eigenvalue weighted by Crippen LogP contribution is 2.13. The summed E-state index contributed by atoms with van der Waals surface area (Å²) in [6.07, 6.45) is 5.96. The van der Waals surface area contributed by atoms with Crippen molar-refractivity contribution in [3.05, 3.63) is 18.2 Å². The molecule has 0 aromatic carbocycles. The van der Waals surface area contributed by atoms with Gasteiger partial charge in [0, 0.05) is 38.8 Å². The molecule has 0 bridgehead atoms. The minimum absolute atomic E-state index is 0.0882. The van der Waals surface area contributed by atoms with Gasteiger partial charge in [-0.1, -0.05) is 13.8 Å². The minimum Gasteiger partial charge on any atom is -0.356 e. The van der Waals surface area contributed by atoms with E-state index in [2.05, 4.69) is 24.1 Å². The van der Waals surface area contributed by atoms with E-state index in [1.807, 2.05) is 17.8 Å². The average molecular weight is 266 g/mol. The minimum atomic E-state index is 0.0882. The largest absolute Gasteiger partial charge is 0.356 e. The zero-order valence-corrected chi connectivity index (χ0v) is 12.2. The molecule has 0 saturated carbocycles. The molecule has 1 aromatic rings. The summed E-state index contributed by atoms with van der Waals surface area (Å²) in [5.74, 6) is 1.94. The monoisotopic (exact) mass is 266 g/mol. The van der Waals surface area contributed by atoms with Gasteiger partial charge in [0.25, 0.3) is 0 Å². The maximum atomic E-state index is 11.8. The first-order valence-electron chi connectivity index (χ1n) is 6.95. The van der Waals surface area contributed by atoms with Crippen LogP contribution in [0.15, 0.2) is 12.4 Å². The number of carbonyl (C=O) groups is 1. The highest BCUT2D eigenvalue weighted by molar-refractivity contribution is 5.76. The highest BCUT2D eigenvalue weighted by Gasteiger charge is 2.13. The molecule has 5 heteroatoms. The van der Waals surface area contributed by atoms with Crippen molar-refractivity contribution in [2.24, 2.45) is 24.6 Å². The van der Waals surface area contributed by atoms with Gasteiger partial charge in [0.05, 0.1) is 0 Å². The predicted octanol–water partition coefficient (Wildman–Crippen LogP) is 1.09. The van der Waals surface area contributed by atoms with Crippen LogP contribution in [-0.2, 0) is 18.3 Å². The smallest absolute Gasteiger partial charge is 0.220 e. The Labute approximate surface area is 115 Å². The molecule has 0 radical (unpaired) electrons. The van der Waals surface area contributed by atoms with Crippen molar-refractivity contribution in [2.45, 2.75) is 33.1 Å². The number of aromatic nitrogens is 2. The molecule has 1 aromatic heterocycles. The third kappa shape index (κ3) is 5.87. The standard InChI is InChI=1S/C14H26N4O/c1-11(2)8-12(10-15)9-14(19)17-5-4-13-16-6-7-18(13)3/h6-7,11-12H,4-5,8-10,15H2,1-3H3,(H,17,19)/t12-/m0/s1. The Hall–Kier alpha value is -1.36. The van der Waals surface area contributed by atoms with Crippen LogP contribution < -0.4 is 11.1 Å². The van der Waals surface area contributed by atoms with Gasteiger partial charge in [-0.3, -0.25) is 4.79 Å². The van der Waals surface area contributed by atoms with Crippen LogP contribution in [0.1, 0.15) is 32.5 Å². The van der Waals surface area contributed by atoms with E-state index in [0.29, 0.717) is 25.4 Å². The molecule has 3 N–H and O–H groups in total. The van der Waals surface area contributed by atoms with Crippen molar-refractivity contribution in [3.63, 3.8) is 0 Å². The highest BCUT2D eigenvalue weighted by atomic mass is 16.1. The van der Waals surface area contributed by atoms with Crippen LogP contribution in [0.5, 0.6) is 0 Å². The lowest BCUT2D eigenvalue weighted by molar-refractivity contribution is -0.122. The first-order chi connectivity index (χ1) is 9.02. The molecular formula is C14H26N4O. The van der Waals surface area contributed by atoms with Crippen LogP contribution in [0.4, 0.5) is 0 Å². The number of imidazole rings is 1. The number of hydrogen-bond donors (Lipinski definition) is 2. The van der Waals surface area contributed by atoms with Crippen LogP contribution in [0, 0.1) is 11.8 Å². The predicted molar refractivity (Wildman–Crippen MR) is 76.5 cm³/mol. The number of rotatable bonds is 8. The Kier molecular flexibility index (Phi) is 6.56. The molecule has 0 fully saturated rings. The van der Waals surface area contributed by atoms with E-state index in [0.717, 1.165) is 18.7 Å². The number of nitrogens with two attached hydrogens (primary N) is 1. The molecule has 0 aliphatic rings. The summed E-state index contributed by atoms with van der Waals surface area (Å²) >= 11 is 0. The maximum Gasteiger partial charge on any atom is 0.220 e. The Morgan fingerprint density at radius 2 is 2.26 bits per heavy atom. The van der Waals surface area contributed by atoms with E-state index in [4.69, 9.17) is 5.73 Å². The SMILES string of the molecule is CC(C)C[C@H](CN)CC(=O)NCCc1nccn1C. The van der Waals surface area contributed by atoms with Crippen molar-refractivity contribution >= 4 is 5.91 Å². The van der Waals surface area contributed by atoms with Crippen LogP contribution in [0.3, 0.4) is 0 Å². The molecule has 0 unspecified atom stereocenters.